The van der Waals surface area contributed by atoms with Gasteiger partial charge in [-0.25, -0.2) is 0 Å². The Kier molecular flexibility index (Phi) is 4.67. The van der Waals surface area contributed by atoms with Gasteiger partial charge in [0.15, 0.2) is 0 Å². The van der Waals surface area contributed by atoms with Gasteiger partial charge in [0.2, 0.25) is 6.54 Å². The van der Waals surface area contributed by atoms with E-state index >= 15 is 0 Å². The summed E-state index contributed by atoms with van der Waals surface area (Å²) in [6.07, 6.45) is 1.81. The van der Waals surface area contributed by atoms with Crippen LogP contribution in [0.2, 0.25) is 5.02 Å². The number of ketones is 1. The minimum absolute atomic E-state index is 0.0699. The van der Waals surface area contributed by atoms with E-state index in [1.54, 1.807) is 18.2 Å². The van der Waals surface area contributed by atoms with E-state index in [0.717, 1.165) is 12.0 Å². The van der Waals surface area contributed by atoms with Gasteiger partial charge in [0, 0.05) is 16.4 Å². The lowest BCUT2D eigenvalue weighted by Crippen LogP contribution is -2.41. The molecule has 1 aliphatic rings. The van der Waals surface area contributed by atoms with E-state index in [1.807, 2.05) is 36.4 Å². The number of hydrogen-bond donors (Lipinski definition) is 0. The first kappa shape index (κ1) is 16.7. The molecule has 0 unspecified atom stereocenters. The van der Waals surface area contributed by atoms with Crippen LogP contribution in [0.3, 0.4) is 0 Å². The van der Waals surface area contributed by atoms with Gasteiger partial charge < -0.3 is 0 Å². The second kappa shape index (κ2) is 6.73. The van der Waals surface area contributed by atoms with Gasteiger partial charge in [-0.15, -0.1) is 0 Å². The van der Waals surface area contributed by atoms with E-state index in [0.29, 0.717) is 23.4 Å². The third-order valence-corrected chi connectivity index (χ3v) is 5.31. The van der Waals surface area contributed by atoms with Crippen LogP contribution in [0, 0.1) is 10.1 Å². The summed E-state index contributed by atoms with van der Waals surface area (Å²) in [5, 5.41) is 11.9. The van der Waals surface area contributed by atoms with Crippen LogP contribution in [0.4, 0.5) is 0 Å². The van der Waals surface area contributed by atoms with Crippen molar-refractivity contribution in [1.82, 2.24) is 0 Å². The maximum atomic E-state index is 12.9. The van der Waals surface area contributed by atoms with Crippen LogP contribution in [0.1, 0.15) is 36.3 Å². The van der Waals surface area contributed by atoms with Gasteiger partial charge in [-0.3, -0.25) is 14.9 Å². The van der Waals surface area contributed by atoms with Crippen LogP contribution < -0.4 is 0 Å². The zero-order valence-electron chi connectivity index (χ0n) is 13.2. The van der Waals surface area contributed by atoms with E-state index in [9.17, 15) is 14.9 Å². The standard InChI is InChI=1S/C19H18ClNO3/c20-17-10-5-4-9-15(17)16(13-21(23)24)19(12-6-11-18(19)22)14-7-2-1-3-8-14/h1-5,7-10,16H,6,11-13H2/t16-,19-/m1/s1. The molecule has 0 N–H and O–H groups in total. The molecule has 0 bridgehead atoms. The molecule has 5 heteroatoms. The molecule has 24 heavy (non-hydrogen) atoms. The summed E-state index contributed by atoms with van der Waals surface area (Å²) in [5.74, 6) is -0.501. The lowest BCUT2D eigenvalue weighted by Gasteiger charge is -2.35. The van der Waals surface area contributed by atoms with Crippen LogP contribution in [-0.4, -0.2) is 17.3 Å². The van der Waals surface area contributed by atoms with Gasteiger partial charge in [0.05, 0.1) is 11.3 Å². The Morgan fingerprint density at radius 3 is 2.38 bits per heavy atom. The summed E-state index contributed by atoms with van der Waals surface area (Å²) in [7, 11) is 0. The quantitative estimate of drug-likeness (QED) is 0.597. The molecule has 0 heterocycles. The minimum atomic E-state index is -0.876. The molecule has 2 aromatic carbocycles. The molecule has 0 spiro atoms. The molecule has 0 aliphatic heterocycles. The van der Waals surface area contributed by atoms with Crippen molar-refractivity contribution in [2.24, 2.45) is 0 Å². The number of nitro groups is 1. The Morgan fingerprint density at radius 1 is 1.12 bits per heavy atom. The Morgan fingerprint density at radius 2 is 1.79 bits per heavy atom. The second-order valence-electron chi connectivity index (χ2n) is 6.20. The fourth-order valence-corrected chi connectivity index (χ4v) is 4.19. The van der Waals surface area contributed by atoms with Crippen LogP contribution in [0.25, 0.3) is 0 Å². The molecule has 0 aromatic heterocycles. The Bertz CT molecular complexity index is 762. The van der Waals surface area contributed by atoms with E-state index in [4.69, 9.17) is 11.6 Å². The van der Waals surface area contributed by atoms with E-state index < -0.39 is 11.3 Å². The van der Waals surface area contributed by atoms with Crippen molar-refractivity contribution < 1.29 is 9.72 Å². The fourth-order valence-electron chi connectivity index (χ4n) is 3.93. The largest absolute Gasteiger partial charge is 0.299 e. The number of benzene rings is 2. The molecule has 0 radical (unpaired) electrons. The van der Waals surface area contributed by atoms with Crippen LogP contribution in [-0.2, 0) is 10.2 Å². The van der Waals surface area contributed by atoms with Crippen molar-refractivity contribution in [3.8, 4) is 0 Å². The molecule has 0 amide bonds. The molecule has 1 aliphatic carbocycles. The molecule has 1 fully saturated rings. The summed E-state index contributed by atoms with van der Waals surface area (Å²) in [6, 6.07) is 16.5. The van der Waals surface area contributed by atoms with Crippen molar-refractivity contribution in [2.75, 3.05) is 6.54 Å². The zero-order valence-corrected chi connectivity index (χ0v) is 13.9. The predicted octanol–water partition coefficient (Wildman–Crippen LogP) is 4.39. The van der Waals surface area contributed by atoms with Gasteiger partial charge in [0.25, 0.3) is 0 Å². The number of carbonyl (C=O) groups is 1. The van der Waals surface area contributed by atoms with Gasteiger partial charge in [-0.2, -0.15) is 0 Å². The van der Waals surface area contributed by atoms with E-state index in [1.165, 1.54) is 0 Å². The van der Waals surface area contributed by atoms with Gasteiger partial charge in [-0.05, 0) is 30.0 Å². The first-order chi connectivity index (χ1) is 11.6. The van der Waals surface area contributed by atoms with Crippen molar-refractivity contribution in [3.05, 3.63) is 80.9 Å². The van der Waals surface area contributed by atoms with E-state index in [-0.39, 0.29) is 17.3 Å². The minimum Gasteiger partial charge on any atom is -0.299 e. The number of carbonyl (C=O) groups excluding carboxylic acids is 1. The molecule has 3 rings (SSSR count). The summed E-state index contributed by atoms with van der Waals surface area (Å²) in [6.45, 7) is -0.315. The summed E-state index contributed by atoms with van der Waals surface area (Å²) in [5.41, 5.74) is 0.647. The smallest absolute Gasteiger partial charge is 0.212 e. The normalized spacial score (nSPS) is 21.6. The highest BCUT2D eigenvalue weighted by molar-refractivity contribution is 6.31. The topological polar surface area (TPSA) is 60.2 Å². The van der Waals surface area contributed by atoms with Gasteiger partial charge in [-0.1, -0.05) is 60.1 Å². The Labute approximate surface area is 145 Å². The maximum Gasteiger partial charge on any atom is 0.212 e. The molecule has 4 nitrogen and oxygen atoms in total. The van der Waals surface area contributed by atoms with Crippen molar-refractivity contribution in [2.45, 2.75) is 30.6 Å². The lowest BCUT2D eigenvalue weighted by atomic mass is 9.65. The maximum absolute atomic E-state index is 12.9. The first-order valence-corrected chi connectivity index (χ1v) is 8.38. The van der Waals surface area contributed by atoms with Crippen molar-refractivity contribution in [3.63, 3.8) is 0 Å². The highest BCUT2D eigenvalue weighted by atomic mass is 35.5. The monoisotopic (exact) mass is 343 g/mol. The molecule has 2 atom stereocenters. The van der Waals surface area contributed by atoms with Crippen molar-refractivity contribution in [1.29, 1.82) is 0 Å². The zero-order chi connectivity index (χ0) is 17.2. The van der Waals surface area contributed by atoms with Crippen LogP contribution in [0.15, 0.2) is 54.6 Å². The van der Waals surface area contributed by atoms with Crippen LogP contribution >= 0.6 is 11.6 Å². The molecule has 0 saturated heterocycles. The summed E-state index contributed by atoms with van der Waals surface area (Å²) < 4.78 is 0. The predicted molar refractivity (Wildman–Crippen MR) is 93.0 cm³/mol. The van der Waals surface area contributed by atoms with Gasteiger partial charge >= 0.3 is 0 Å². The highest BCUT2D eigenvalue weighted by Gasteiger charge is 2.52. The van der Waals surface area contributed by atoms with Crippen molar-refractivity contribution >= 4 is 17.4 Å². The molecular formula is C19H18ClNO3. The number of hydrogen-bond acceptors (Lipinski definition) is 3. The first-order valence-electron chi connectivity index (χ1n) is 8.01. The molecular weight excluding hydrogens is 326 g/mol. The lowest BCUT2D eigenvalue weighted by molar-refractivity contribution is -0.485. The highest BCUT2D eigenvalue weighted by Crippen LogP contribution is 2.49. The third-order valence-electron chi connectivity index (χ3n) is 4.97. The number of halogens is 1. The average Bonchev–Trinajstić information content (AvgIpc) is 2.96. The number of nitrogens with zero attached hydrogens (tertiary/aromatic N) is 1. The van der Waals surface area contributed by atoms with Crippen LogP contribution in [0.5, 0.6) is 0 Å². The second-order valence-corrected chi connectivity index (χ2v) is 6.61. The SMILES string of the molecule is O=C1CCC[C@@]1(c1ccccc1)[C@H](C[N+](=O)[O-])c1ccccc1Cl. The third kappa shape index (κ3) is 2.82. The average molecular weight is 344 g/mol. The molecule has 1 saturated carbocycles. The Hall–Kier alpha value is -2.20. The molecule has 2 aromatic rings. The number of Topliss-reactive ketones (excluding diaryl/α,β-unsaturated/α-hetero) is 1. The molecule has 124 valence electrons. The fraction of sp³-hybridized carbons (Fsp3) is 0.316. The number of rotatable bonds is 5. The van der Waals surface area contributed by atoms with Gasteiger partial charge in [0.1, 0.15) is 5.78 Å². The van der Waals surface area contributed by atoms with E-state index in [2.05, 4.69) is 0 Å². The summed E-state index contributed by atoms with van der Waals surface area (Å²) >= 11 is 6.34. The summed E-state index contributed by atoms with van der Waals surface area (Å²) in [4.78, 5) is 24.0. The Balaban J connectivity index is 2.21.